The lowest BCUT2D eigenvalue weighted by Crippen LogP contribution is -2.57. The van der Waals surface area contributed by atoms with E-state index in [1.54, 1.807) is 6.07 Å². The fraction of sp³-hybridized carbons (Fsp3) is 0.513. The Morgan fingerprint density at radius 3 is 2.55 bits per heavy atom. The third-order valence-corrected chi connectivity index (χ3v) is 10.8. The smallest absolute Gasteiger partial charge is 0.410 e. The summed E-state index contributed by atoms with van der Waals surface area (Å²) in [5.41, 5.74) is 6.54. The van der Waals surface area contributed by atoms with E-state index in [9.17, 15) is 4.79 Å². The van der Waals surface area contributed by atoms with Crippen LogP contribution in [0.2, 0.25) is 5.02 Å². The van der Waals surface area contributed by atoms with Gasteiger partial charge in [-0.2, -0.15) is 9.97 Å². The molecule has 0 spiro atoms. The molecule has 4 aromatic rings. The molecule has 51 heavy (non-hydrogen) atoms. The van der Waals surface area contributed by atoms with E-state index in [1.807, 2.05) is 75.2 Å². The van der Waals surface area contributed by atoms with Gasteiger partial charge in [0.15, 0.2) is 5.82 Å². The van der Waals surface area contributed by atoms with Gasteiger partial charge in [0, 0.05) is 42.7 Å². The normalized spacial score (nSPS) is 21.5. The number of nitrogens with one attached hydrogen (secondary N) is 1. The Bertz CT molecular complexity index is 1880. The molecule has 4 unspecified atom stereocenters. The maximum absolute atomic E-state index is 17.1. The molecule has 0 radical (unpaired) electrons. The summed E-state index contributed by atoms with van der Waals surface area (Å²) < 4.78 is 29.3. The lowest BCUT2D eigenvalue weighted by atomic mass is 9.96. The summed E-state index contributed by atoms with van der Waals surface area (Å²) in [4.78, 5) is 29.5. The molecular weight excluding hydrogens is 669 g/mol. The number of amides is 1. The second kappa shape index (κ2) is 14.7. The van der Waals surface area contributed by atoms with Crippen LogP contribution in [0.4, 0.5) is 15.0 Å². The van der Waals surface area contributed by atoms with Crippen molar-refractivity contribution in [2.75, 3.05) is 51.3 Å². The van der Waals surface area contributed by atoms with Crippen molar-refractivity contribution in [2.45, 2.75) is 82.6 Å². The molecule has 10 nitrogen and oxygen atoms in total. The van der Waals surface area contributed by atoms with Crippen LogP contribution in [-0.2, 0) is 4.74 Å². The minimum atomic E-state index is -0.592. The van der Waals surface area contributed by atoms with Crippen LogP contribution in [0, 0.1) is 5.82 Å². The highest BCUT2D eigenvalue weighted by Gasteiger charge is 2.45. The monoisotopic (exact) mass is 717 g/mol. The van der Waals surface area contributed by atoms with Crippen molar-refractivity contribution in [2.24, 2.45) is 5.73 Å². The summed E-state index contributed by atoms with van der Waals surface area (Å²) in [6.45, 7) is 9.47. The maximum atomic E-state index is 17.1. The van der Waals surface area contributed by atoms with Gasteiger partial charge in [0.1, 0.15) is 23.5 Å². The molecule has 3 aliphatic rings. The summed E-state index contributed by atoms with van der Waals surface area (Å²) >= 11 is 7.00. The average molecular weight is 718 g/mol. The number of anilines is 1. The Hall–Kier alpha value is -3.77. The van der Waals surface area contributed by atoms with Gasteiger partial charge in [0.05, 0.1) is 17.1 Å². The number of piperazine rings is 1. The number of ether oxygens (including phenoxy) is 2. The van der Waals surface area contributed by atoms with Crippen LogP contribution in [0.3, 0.4) is 0 Å². The minimum Gasteiger partial charge on any atom is -0.462 e. The van der Waals surface area contributed by atoms with Crippen LogP contribution in [0.15, 0.2) is 48.5 Å². The van der Waals surface area contributed by atoms with Crippen molar-refractivity contribution in [3.05, 3.63) is 59.4 Å². The van der Waals surface area contributed by atoms with Gasteiger partial charge < -0.3 is 25.4 Å². The van der Waals surface area contributed by atoms with E-state index in [2.05, 4.69) is 15.1 Å². The molecule has 3 saturated heterocycles. The van der Waals surface area contributed by atoms with Crippen LogP contribution in [0.25, 0.3) is 32.8 Å². The van der Waals surface area contributed by atoms with E-state index in [0.717, 1.165) is 56.0 Å². The highest BCUT2D eigenvalue weighted by atomic mass is 35.5. The van der Waals surface area contributed by atoms with Crippen molar-refractivity contribution < 1.29 is 18.7 Å². The number of aromatic nitrogens is 2. The SMILES string of the molecule is CNCC(CCN)N1CCCC1COc1nc(N2CC3CCC(C2)N3C(=O)OC(C)(C)C)c2cc(Cl)c(-c3cccc4ccccc34)c(F)c2n1. The van der Waals surface area contributed by atoms with Crippen LogP contribution in [0.1, 0.15) is 52.9 Å². The van der Waals surface area contributed by atoms with E-state index in [0.29, 0.717) is 54.6 Å². The number of halogens is 2. The quantitative estimate of drug-likeness (QED) is 0.187. The lowest BCUT2D eigenvalue weighted by molar-refractivity contribution is 0.0122. The van der Waals surface area contributed by atoms with Crippen molar-refractivity contribution >= 4 is 45.2 Å². The van der Waals surface area contributed by atoms with Gasteiger partial charge in [-0.1, -0.05) is 54.1 Å². The molecule has 12 heteroatoms. The van der Waals surface area contributed by atoms with Gasteiger partial charge in [0.2, 0.25) is 0 Å². The number of benzene rings is 3. The predicted molar refractivity (Wildman–Crippen MR) is 201 cm³/mol. The number of hydrogen-bond donors (Lipinski definition) is 2. The van der Waals surface area contributed by atoms with Crippen molar-refractivity contribution in [3.63, 3.8) is 0 Å². The molecule has 1 amide bonds. The highest BCUT2D eigenvalue weighted by molar-refractivity contribution is 6.35. The predicted octanol–water partition coefficient (Wildman–Crippen LogP) is 6.61. The number of likely N-dealkylation sites (N-methyl/N-ethyl adjacent to an activating group) is 1. The Balaban J connectivity index is 1.27. The molecular formula is C39H49ClFN7O3. The molecule has 0 saturated carbocycles. The molecule has 4 atom stereocenters. The van der Waals surface area contributed by atoms with E-state index in [1.165, 1.54) is 0 Å². The first kappa shape index (κ1) is 35.6. The number of likely N-dealkylation sites (tertiary alicyclic amines) is 1. The summed E-state index contributed by atoms with van der Waals surface area (Å²) in [7, 11) is 1.96. The number of carbonyl (C=O) groups is 1. The average Bonchev–Trinajstić information content (AvgIpc) is 3.67. The van der Waals surface area contributed by atoms with Crippen LogP contribution in [-0.4, -0.2) is 102 Å². The number of nitrogens with two attached hydrogens (primary N) is 1. The molecule has 3 aliphatic heterocycles. The molecule has 2 bridgehead atoms. The summed E-state index contributed by atoms with van der Waals surface area (Å²) in [5, 5.41) is 5.99. The van der Waals surface area contributed by atoms with Gasteiger partial charge in [-0.15, -0.1) is 0 Å². The van der Waals surface area contributed by atoms with Crippen LogP contribution < -0.4 is 20.7 Å². The topological polar surface area (TPSA) is 109 Å². The second-order valence-electron chi connectivity index (χ2n) is 15.1. The van der Waals surface area contributed by atoms with Crippen molar-refractivity contribution in [1.82, 2.24) is 25.1 Å². The van der Waals surface area contributed by atoms with Crippen LogP contribution >= 0.6 is 11.6 Å². The van der Waals surface area contributed by atoms with E-state index in [4.69, 9.17) is 36.8 Å². The minimum absolute atomic E-state index is 0.0676. The zero-order valence-electron chi connectivity index (χ0n) is 30.0. The fourth-order valence-electron chi connectivity index (χ4n) is 8.35. The summed E-state index contributed by atoms with van der Waals surface area (Å²) in [6.07, 6.45) is 4.33. The molecule has 3 N–H and O–H groups in total. The van der Waals surface area contributed by atoms with Gasteiger partial charge >= 0.3 is 12.1 Å². The molecule has 3 aromatic carbocycles. The maximum Gasteiger partial charge on any atom is 0.410 e. The van der Waals surface area contributed by atoms with Crippen LogP contribution in [0.5, 0.6) is 6.01 Å². The third-order valence-electron chi connectivity index (χ3n) is 10.5. The molecule has 7 rings (SSSR count). The molecule has 3 fully saturated rings. The number of hydrogen-bond acceptors (Lipinski definition) is 9. The van der Waals surface area contributed by atoms with E-state index < -0.39 is 11.4 Å². The molecule has 4 heterocycles. The Kier molecular flexibility index (Phi) is 10.3. The molecule has 1 aromatic heterocycles. The number of carbonyl (C=O) groups excluding carboxylic acids is 1. The first-order chi connectivity index (χ1) is 24.6. The standard InChI is InChI=1S/C39H49ClFN7O3/c1-39(2,3)51-38(49)48-26-14-15-27(48)22-46(21-26)36-31-19-32(40)33(30-13-7-10-24-9-5-6-12-29(24)30)34(41)35(31)44-37(45-36)50-23-28-11-8-18-47(28)25(16-17-42)20-43-4/h5-7,9-10,12-13,19,25-28,43H,8,11,14-18,20-23,42H2,1-4H3. The van der Waals surface area contributed by atoms with E-state index >= 15 is 4.39 Å². The Labute approximate surface area is 304 Å². The zero-order valence-corrected chi connectivity index (χ0v) is 30.8. The zero-order chi connectivity index (χ0) is 35.9. The first-order valence-corrected chi connectivity index (χ1v) is 18.6. The van der Waals surface area contributed by atoms with Crippen molar-refractivity contribution in [1.29, 1.82) is 0 Å². The third kappa shape index (κ3) is 7.18. The Morgan fingerprint density at radius 2 is 1.82 bits per heavy atom. The van der Waals surface area contributed by atoms with Crippen molar-refractivity contribution in [3.8, 4) is 17.1 Å². The number of rotatable bonds is 10. The van der Waals surface area contributed by atoms with Gasteiger partial charge in [0.25, 0.3) is 0 Å². The van der Waals surface area contributed by atoms with Gasteiger partial charge in [-0.3, -0.25) is 9.80 Å². The number of fused-ring (bicyclic) bond motifs is 4. The molecule has 0 aliphatic carbocycles. The first-order valence-electron chi connectivity index (χ1n) is 18.2. The van der Waals surface area contributed by atoms with Gasteiger partial charge in [-0.25, -0.2) is 9.18 Å². The Morgan fingerprint density at radius 1 is 1.08 bits per heavy atom. The largest absolute Gasteiger partial charge is 0.462 e. The van der Waals surface area contributed by atoms with Gasteiger partial charge in [-0.05, 0) is 95.4 Å². The molecule has 272 valence electrons. The summed E-state index contributed by atoms with van der Waals surface area (Å²) in [6, 6.07) is 15.9. The second-order valence-corrected chi connectivity index (χ2v) is 15.5. The summed E-state index contributed by atoms with van der Waals surface area (Å²) in [5.74, 6) is 0.0396. The number of nitrogens with zero attached hydrogens (tertiary/aromatic N) is 5. The highest BCUT2D eigenvalue weighted by Crippen LogP contribution is 2.42. The van der Waals surface area contributed by atoms with E-state index in [-0.39, 0.29) is 40.8 Å². The lowest BCUT2D eigenvalue weighted by Gasteiger charge is -2.42. The fourth-order valence-corrected chi connectivity index (χ4v) is 8.64.